The lowest BCUT2D eigenvalue weighted by Crippen LogP contribution is -2.15. The lowest BCUT2D eigenvalue weighted by molar-refractivity contribution is 0.728. The summed E-state index contributed by atoms with van der Waals surface area (Å²) in [5.74, 6) is 0. The summed E-state index contributed by atoms with van der Waals surface area (Å²) in [4.78, 5) is 5.75. The van der Waals surface area contributed by atoms with Crippen molar-refractivity contribution in [1.82, 2.24) is 10.3 Å². The summed E-state index contributed by atoms with van der Waals surface area (Å²) in [5.41, 5.74) is 1.16. The van der Waals surface area contributed by atoms with E-state index in [0.717, 1.165) is 24.1 Å². The molecule has 2 nitrogen and oxygen atoms in total. The Hall–Kier alpha value is 0.0700. The smallest absolute Gasteiger partial charge is 0.107 e. The zero-order valence-corrected chi connectivity index (χ0v) is 9.76. The lowest BCUT2D eigenvalue weighted by Gasteiger charge is -1.96. The molecule has 1 aromatic rings. The maximum absolute atomic E-state index is 4.42. The summed E-state index contributed by atoms with van der Waals surface area (Å²) in [6.07, 6.45) is 0. The van der Waals surface area contributed by atoms with Crippen LogP contribution in [0, 0.1) is 13.8 Å². The number of alkyl halides is 1. The molecule has 0 atom stereocenters. The van der Waals surface area contributed by atoms with Crippen LogP contribution in [0.4, 0.5) is 0 Å². The second kappa shape index (κ2) is 4.94. The van der Waals surface area contributed by atoms with Gasteiger partial charge in [-0.25, -0.2) is 4.98 Å². The van der Waals surface area contributed by atoms with Crippen LogP contribution in [-0.4, -0.2) is 16.9 Å². The molecule has 0 aliphatic heterocycles. The first-order valence-corrected chi connectivity index (χ1v) is 5.87. The molecule has 12 heavy (non-hydrogen) atoms. The maximum atomic E-state index is 4.42. The number of aromatic nitrogens is 1. The fraction of sp³-hybridized carbons (Fsp3) is 0.625. The van der Waals surface area contributed by atoms with Crippen molar-refractivity contribution < 1.29 is 0 Å². The first kappa shape index (κ1) is 10.2. The van der Waals surface area contributed by atoms with E-state index in [9.17, 15) is 0 Å². The van der Waals surface area contributed by atoms with Crippen LogP contribution in [0.15, 0.2) is 0 Å². The van der Waals surface area contributed by atoms with Crippen LogP contribution in [0.25, 0.3) is 0 Å². The van der Waals surface area contributed by atoms with Crippen LogP contribution in [0.2, 0.25) is 0 Å². The van der Waals surface area contributed by atoms with Crippen molar-refractivity contribution >= 4 is 27.3 Å². The standard InChI is InChI=1S/C8H13BrN2S/c1-6-7(2)12-8(11-6)5-10-4-3-9/h10H,3-5H2,1-2H3. The van der Waals surface area contributed by atoms with E-state index in [-0.39, 0.29) is 0 Å². The highest BCUT2D eigenvalue weighted by Gasteiger charge is 2.01. The Morgan fingerprint density at radius 3 is 2.75 bits per heavy atom. The highest BCUT2D eigenvalue weighted by atomic mass is 79.9. The average Bonchev–Trinajstić information content (AvgIpc) is 2.32. The predicted molar refractivity (Wildman–Crippen MR) is 57.1 cm³/mol. The van der Waals surface area contributed by atoms with Crippen molar-refractivity contribution in [1.29, 1.82) is 0 Å². The van der Waals surface area contributed by atoms with Crippen LogP contribution in [0.1, 0.15) is 15.6 Å². The van der Waals surface area contributed by atoms with Crippen molar-refractivity contribution in [2.24, 2.45) is 0 Å². The van der Waals surface area contributed by atoms with E-state index >= 15 is 0 Å². The van der Waals surface area contributed by atoms with Crippen LogP contribution in [0.5, 0.6) is 0 Å². The SMILES string of the molecule is Cc1nc(CNCCBr)sc1C. The normalized spacial score (nSPS) is 10.6. The molecule has 4 heteroatoms. The molecular weight excluding hydrogens is 236 g/mol. The summed E-state index contributed by atoms with van der Waals surface area (Å²) in [5, 5.41) is 5.48. The number of nitrogens with zero attached hydrogens (tertiary/aromatic N) is 1. The van der Waals surface area contributed by atoms with Gasteiger partial charge in [0.25, 0.3) is 0 Å². The van der Waals surface area contributed by atoms with Gasteiger partial charge < -0.3 is 5.32 Å². The first-order chi connectivity index (χ1) is 5.74. The minimum absolute atomic E-state index is 0.894. The summed E-state index contributed by atoms with van der Waals surface area (Å²) in [6, 6.07) is 0. The third-order valence-corrected chi connectivity index (χ3v) is 3.09. The van der Waals surface area contributed by atoms with Gasteiger partial charge in [-0.15, -0.1) is 11.3 Å². The van der Waals surface area contributed by atoms with Gasteiger partial charge in [0.1, 0.15) is 5.01 Å². The van der Waals surface area contributed by atoms with Gasteiger partial charge in [-0.05, 0) is 13.8 Å². The molecule has 0 spiro atoms. The maximum Gasteiger partial charge on any atom is 0.107 e. The third-order valence-electron chi connectivity index (χ3n) is 1.62. The number of thiazole rings is 1. The Morgan fingerprint density at radius 1 is 1.50 bits per heavy atom. The van der Waals surface area contributed by atoms with E-state index in [0.29, 0.717) is 0 Å². The fourth-order valence-electron chi connectivity index (χ4n) is 0.877. The number of halogens is 1. The summed E-state index contributed by atoms with van der Waals surface area (Å²) in [7, 11) is 0. The van der Waals surface area contributed by atoms with E-state index in [1.807, 2.05) is 0 Å². The summed E-state index contributed by atoms with van der Waals surface area (Å²) < 4.78 is 0. The Kier molecular flexibility index (Phi) is 4.18. The number of aryl methyl sites for hydroxylation is 2. The van der Waals surface area contributed by atoms with Crippen LogP contribution in [-0.2, 0) is 6.54 Å². The van der Waals surface area contributed by atoms with Gasteiger partial charge in [-0.2, -0.15) is 0 Å². The minimum Gasteiger partial charge on any atom is -0.310 e. The van der Waals surface area contributed by atoms with Gasteiger partial charge in [0.05, 0.1) is 5.69 Å². The molecule has 0 saturated heterocycles. The number of rotatable bonds is 4. The topological polar surface area (TPSA) is 24.9 Å². The zero-order chi connectivity index (χ0) is 8.97. The molecular formula is C8H13BrN2S. The molecule has 0 aromatic carbocycles. The molecule has 0 radical (unpaired) electrons. The van der Waals surface area contributed by atoms with E-state index in [1.165, 1.54) is 9.88 Å². The van der Waals surface area contributed by atoms with Gasteiger partial charge in [0.15, 0.2) is 0 Å². The molecule has 0 saturated carbocycles. The molecule has 68 valence electrons. The van der Waals surface area contributed by atoms with E-state index in [4.69, 9.17) is 0 Å². The monoisotopic (exact) mass is 248 g/mol. The van der Waals surface area contributed by atoms with Gasteiger partial charge in [-0.1, -0.05) is 15.9 Å². The Morgan fingerprint density at radius 2 is 2.25 bits per heavy atom. The predicted octanol–water partition coefficient (Wildman–Crippen LogP) is 2.24. The van der Waals surface area contributed by atoms with Crippen molar-refractivity contribution in [2.75, 3.05) is 11.9 Å². The van der Waals surface area contributed by atoms with E-state index < -0.39 is 0 Å². The Bertz CT molecular complexity index is 228. The third kappa shape index (κ3) is 2.84. The van der Waals surface area contributed by atoms with Gasteiger partial charge in [-0.3, -0.25) is 0 Å². The molecule has 0 fully saturated rings. The Balaban J connectivity index is 2.42. The molecule has 1 rings (SSSR count). The highest BCUT2D eigenvalue weighted by molar-refractivity contribution is 9.09. The first-order valence-electron chi connectivity index (χ1n) is 3.93. The quantitative estimate of drug-likeness (QED) is 0.654. The van der Waals surface area contributed by atoms with Crippen molar-refractivity contribution in [2.45, 2.75) is 20.4 Å². The molecule has 1 aromatic heterocycles. The van der Waals surface area contributed by atoms with Crippen molar-refractivity contribution in [3.63, 3.8) is 0 Å². The largest absolute Gasteiger partial charge is 0.310 e. The second-order valence-electron chi connectivity index (χ2n) is 2.61. The molecule has 0 unspecified atom stereocenters. The van der Waals surface area contributed by atoms with Gasteiger partial charge in [0, 0.05) is 23.3 Å². The van der Waals surface area contributed by atoms with E-state index in [1.54, 1.807) is 11.3 Å². The summed E-state index contributed by atoms with van der Waals surface area (Å²) >= 11 is 5.14. The van der Waals surface area contributed by atoms with Crippen molar-refractivity contribution in [3.05, 3.63) is 15.6 Å². The molecule has 0 aliphatic carbocycles. The summed E-state index contributed by atoms with van der Waals surface area (Å²) in [6.45, 7) is 6.06. The number of hydrogen-bond donors (Lipinski definition) is 1. The molecule has 0 bridgehead atoms. The average molecular weight is 249 g/mol. The highest BCUT2D eigenvalue weighted by Crippen LogP contribution is 2.15. The van der Waals surface area contributed by atoms with E-state index in [2.05, 4.69) is 40.1 Å². The molecule has 0 amide bonds. The molecule has 1 heterocycles. The lowest BCUT2D eigenvalue weighted by atomic mass is 10.4. The molecule has 1 N–H and O–H groups in total. The van der Waals surface area contributed by atoms with Gasteiger partial charge >= 0.3 is 0 Å². The zero-order valence-electron chi connectivity index (χ0n) is 7.35. The van der Waals surface area contributed by atoms with Crippen LogP contribution in [0.3, 0.4) is 0 Å². The van der Waals surface area contributed by atoms with Crippen molar-refractivity contribution in [3.8, 4) is 0 Å². The number of nitrogens with one attached hydrogen (secondary N) is 1. The minimum atomic E-state index is 0.894. The molecule has 0 aliphatic rings. The second-order valence-corrected chi connectivity index (χ2v) is 4.70. The Labute approximate surface area is 85.5 Å². The fourth-order valence-corrected chi connectivity index (χ4v) is 2.06. The van der Waals surface area contributed by atoms with Crippen LogP contribution < -0.4 is 5.32 Å². The van der Waals surface area contributed by atoms with Crippen LogP contribution >= 0.6 is 27.3 Å². The number of hydrogen-bond acceptors (Lipinski definition) is 3. The van der Waals surface area contributed by atoms with Gasteiger partial charge in [0.2, 0.25) is 0 Å².